The molecule has 0 aliphatic heterocycles. The highest BCUT2D eigenvalue weighted by molar-refractivity contribution is 8.13. The molecule has 0 N–H and O–H groups in total. The smallest absolute Gasteiger partial charge is 0.0336 e. The van der Waals surface area contributed by atoms with Gasteiger partial charge in [0.2, 0.25) is 0 Å². The second kappa shape index (κ2) is 6.84. The molecule has 0 nitrogen and oxygen atoms in total. The van der Waals surface area contributed by atoms with Crippen molar-refractivity contribution in [1.82, 2.24) is 0 Å². The van der Waals surface area contributed by atoms with E-state index in [2.05, 4.69) is 0 Å². The fourth-order valence-electron chi connectivity index (χ4n) is 1.01. The van der Waals surface area contributed by atoms with Crippen molar-refractivity contribution in [1.29, 1.82) is 0 Å². The van der Waals surface area contributed by atoms with E-state index in [1.54, 1.807) is 61.4 Å². The zero-order valence-corrected chi connectivity index (χ0v) is 20.4. The highest BCUT2D eigenvalue weighted by Crippen LogP contribution is 2.48. The van der Waals surface area contributed by atoms with Crippen LogP contribution in [0.2, 0.25) is 0 Å². The van der Waals surface area contributed by atoms with Crippen molar-refractivity contribution in [2.75, 3.05) is 11.8 Å². The van der Waals surface area contributed by atoms with Crippen molar-refractivity contribution < 1.29 is 0 Å². The van der Waals surface area contributed by atoms with Crippen LogP contribution < -0.4 is 0 Å². The Hall–Kier alpha value is 2.37. The fourth-order valence-corrected chi connectivity index (χ4v) is 57.8. The third-order valence-corrected chi connectivity index (χ3v) is 24.7. The molecule has 8 heteroatoms. The van der Waals surface area contributed by atoms with Crippen molar-refractivity contribution in [3.63, 3.8) is 0 Å². The molecule has 0 fully saturated rings. The Bertz CT molecular complexity index is 77.0. The third-order valence-electron chi connectivity index (χ3n) is 1.05. The first-order valence-electron chi connectivity index (χ1n) is 3.50. The van der Waals surface area contributed by atoms with E-state index in [0.717, 1.165) is 0 Å². The summed E-state index contributed by atoms with van der Waals surface area (Å²) in [6, 6.07) is 0. The second-order valence-corrected chi connectivity index (χ2v) is 44.4. The average molecular weight is 277 g/mol. The van der Waals surface area contributed by atoms with Gasteiger partial charge in [-0.15, -0.1) is 21.5 Å². The van der Waals surface area contributed by atoms with Crippen molar-refractivity contribution in [2.45, 2.75) is 0 Å². The van der Waals surface area contributed by atoms with Gasteiger partial charge in [-0.3, -0.25) is 0 Å². The minimum absolute atomic E-state index is 0.676. The van der Waals surface area contributed by atoms with Crippen LogP contribution in [0.25, 0.3) is 0 Å². The zero-order valence-electron chi connectivity index (χ0n) is 7.76. The van der Waals surface area contributed by atoms with E-state index in [1.807, 2.05) is 0 Å². The van der Waals surface area contributed by atoms with Crippen LogP contribution in [0.3, 0.4) is 0 Å². The standard InChI is InChI=1S/C2H19P3Si5/c6-3(1-4(7)8)2-5(9)10/h1-2H2,6-10H3. The van der Waals surface area contributed by atoms with Gasteiger partial charge < -0.3 is 0 Å². The summed E-state index contributed by atoms with van der Waals surface area (Å²) in [7, 11) is 9.92. The summed E-state index contributed by atoms with van der Waals surface area (Å²) in [5.41, 5.74) is 0. The Morgan fingerprint density at radius 3 is 1.20 bits per heavy atom. The van der Waals surface area contributed by atoms with Crippen LogP contribution in [0.1, 0.15) is 0 Å². The molecule has 0 amide bonds. The van der Waals surface area contributed by atoms with E-state index in [-0.39, 0.29) is 0 Å². The molecule has 0 unspecified atom stereocenters. The van der Waals surface area contributed by atoms with E-state index < -0.39 is 0 Å². The Kier molecular flexibility index (Phi) is 8.47. The predicted octanol–water partition coefficient (Wildman–Crippen LogP) is -3.25. The van der Waals surface area contributed by atoms with Gasteiger partial charge in [0.1, 0.15) is 0 Å². The molecule has 0 saturated heterocycles. The van der Waals surface area contributed by atoms with Crippen molar-refractivity contribution in [3.8, 4) is 0 Å². The average Bonchev–Trinajstić information content (AvgIpc) is 1.58. The minimum Gasteiger partial charge on any atom is -0.146 e. The molecular weight excluding hydrogens is 257 g/mol. The van der Waals surface area contributed by atoms with Crippen molar-refractivity contribution in [3.05, 3.63) is 0 Å². The van der Waals surface area contributed by atoms with E-state index in [0.29, 0.717) is 21.5 Å². The van der Waals surface area contributed by atoms with Gasteiger partial charge in [0.25, 0.3) is 0 Å². The molecule has 0 bridgehead atoms. The molecule has 0 aromatic carbocycles. The summed E-state index contributed by atoms with van der Waals surface area (Å²) in [4.78, 5) is 0. The minimum atomic E-state index is 0.676. The molecule has 62 valence electrons. The molecule has 0 saturated carbocycles. The van der Waals surface area contributed by atoms with Gasteiger partial charge in [-0.1, -0.05) is 0 Å². The molecule has 10 heavy (non-hydrogen) atoms. The maximum absolute atomic E-state index is 1.76. The third kappa shape index (κ3) is 8.47. The Morgan fingerprint density at radius 2 is 1.00 bits per heavy atom. The highest BCUT2D eigenvalue weighted by atomic mass is 31.6. The van der Waals surface area contributed by atoms with Gasteiger partial charge in [-0.05, 0) is 11.8 Å². The maximum atomic E-state index is 1.76. The van der Waals surface area contributed by atoms with E-state index in [4.69, 9.17) is 0 Å². The van der Waals surface area contributed by atoms with Crippen LogP contribution in [0.5, 0.6) is 0 Å². The topological polar surface area (TPSA) is 0 Å². The fraction of sp³-hybridized carbons (Fsp3) is 1.00. The molecule has 0 radical (unpaired) electrons. The van der Waals surface area contributed by atoms with Crippen LogP contribution in [0, 0.1) is 0 Å². The summed E-state index contributed by atoms with van der Waals surface area (Å²) in [6.45, 7) is 0. The summed E-state index contributed by atoms with van der Waals surface area (Å²) >= 11 is 0. The molecule has 0 rings (SSSR count). The van der Waals surface area contributed by atoms with Gasteiger partial charge in [0.15, 0.2) is 0 Å². The molecule has 0 aliphatic carbocycles. The summed E-state index contributed by atoms with van der Waals surface area (Å²) in [6.07, 6.45) is 0. The molecule has 0 heterocycles. The molecule has 0 atom stereocenters. The summed E-state index contributed by atoms with van der Waals surface area (Å²) in [5.74, 6) is 3.53. The molecular formula is C2H19P3Si5. The summed E-state index contributed by atoms with van der Waals surface area (Å²) in [5, 5.41) is 0. The van der Waals surface area contributed by atoms with Crippen LogP contribution >= 0.6 is 21.5 Å². The second-order valence-electron chi connectivity index (χ2n) is 3.30. The number of hydrogen-bond donors (Lipinski definition) is 0. The first-order valence-corrected chi connectivity index (χ1v) is 23.9. The maximum Gasteiger partial charge on any atom is 0.0336 e. The Labute approximate surface area is 82.7 Å². The monoisotopic (exact) mass is 276 g/mol. The van der Waals surface area contributed by atoms with Crippen molar-refractivity contribution >= 4 is 71.1 Å². The predicted molar refractivity (Wildman–Crippen MR) is 80.2 cm³/mol. The largest absolute Gasteiger partial charge is 0.146 e. The van der Waals surface area contributed by atoms with Crippen LogP contribution in [0.15, 0.2) is 0 Å². The normalized spacial score (nSPS) is 21.6. The van der Waals surface area contributed by atoms with Gasteiger partial charge in [-0.2, -0.15) is 0 Å². The lowest BCUT2D eigenvalue weighted by atomic mass is 11.9. The molecule has 0 aliphatic rings. The molecule has 0 spiro atoms. The first kappa shape index (κ1) is 12.4. The van der Waals surface area contributed by atoms with E-state index >= 15 is 0 Å². The zero-order chi connectivity index (χ0) is 8.15. The Morgan fingerprint density at radius 1 is 0.700 bits per heavy atom. The summed E-state index contributed by atoms with van der Waals surface area (Å²) < 4.78 is 0. The Balaban J connectivity index is 3.34. The number of rotatable bonds is 4. The lowest BCUT2D eigenvalue weighted by Gasteiger charge is -2.17. The quantitative estimate of drug-likeness (QED) is 0.374. The van der Waals surface area contributed by atoms with Crippen LogP contribution in [-0.4, -0.2) is 61.4 Å². The lowest BCUT2D eigenvalue weighted by molar-refractivity contribution is 2.08. The lowest BCUT2D eigenvalue weighted by Crippen LogP contribution is -1.88. The van der Waals surface area contributed by atoms with Gasteiger partial charge in [0, 0.05) is 49.5 Å². The number of hydrogen-bond acceptors (Lipinski definition) is 0. The van der Waals surface area contributed by atoms with Crippen molar-refractivity contribution in [2.24, 2.45) is 0 Å². The van der Waals surface area contributed by atoms with E-state index in [9.17, 15) is 0 Å². The van der Waals surface area contributed by atoms with Gasteiger partial charge in [0.05, 0.1) is 0 Å². The van der Waals surface area contributed by atoms with Gasteiger partial charge in [-0.25, -0.2) is 0 Å². The van der Waals surface area contributed by atoms with Gasteiger partial charge >= 0.3 is 0 Å². The molecule has 0 aromatic rings. The van der Waals surface area contributed by atoms with Crippen LogP contribution in [0.4, 0.5) is 0 Å². The SMILES string of the molecule is [SiH3]P([SiH3])CP([SiH3])CP([SiH3])[SiH3]. The first-order chi connectivity index (χ1) is 4.52. The van der Waals surface area contributed by atoms with Crippen LogP contribution in [-0.2, 0) is 0 Å². The molecule has 0 aromatic heterocycles. The highest BCUT2D eigenvalue weighted by Gasteiger charge is 2.04. The van der Waals surface area contributed by atoms with E-state index in [1.165, 1.54) is 0 Å².